The summed E-state index contributed by atoms with van der Waals surface area (Å²) in [5, 5.41) is 5.02. The summed E-state index contributed by atoms with van der Waals surface area (Å²) in [6.45, 7) is 0.237. The molecule has 0 aliphatic carbocycles. The fraction of sp³-hybridized carbons (Fsp3) is 0.192. The molecule has 5 rings (SSSR count). The van der Waals surface area contributed by atoms with Crippen LogP contribution in [0.2, 0.25) is 0 Å². The van der Waals surface area contributed by atoms with Gasteiger partial charge < -0.3 is 19.7 Å². The molecule has 2 aliphatic heterocycles. The Morgan fingerprint density at radius 3 is 2.50 bits per heavy atom. The number of ether oxygens (including phenoxy) is 2. The second-order valence-electron chi connectivity index (χ2n) is 8.50. The summed E-state index contributed by atoms with van der Waals surface area (Å²) in [5.41, 5.74) is 1.93. The number of amides is 4. The van der Waals surface area contributed by atoms with Crippen molar-refractivity contribution >= 4 is 23.8 Å². The summed E-state index contributed by atoms with van der Waals surface area (Å²) in [6, 6.07) is 14.7. The van der Waals surface area contributed by atoms with Crippen LogP contribution >= 0.6 is 0 Å². The highest BCUT2D eigenvalue weighted by molar-refractivity contribution is 6.08. The maximum Gasteiger partial charge on any atom is 0.337 e. The fourth-order valence-electron chi connectivity index (χ4n) is 4.54. The number of pyridine rings is 1. The Bertz CT molecular complexity index is 1400. The molecule has 182 valence electrons. The lowest BCUT2D eigenvalue weighted by Gasteiger charge is -2.31. The van der Waals surface area contributed by atoms with Crippen LogP contribution in [0, 0.1) is 0 Å². The van der Waals surface area contributed by atoms with E-state index >= 15 is 0 Å². The highest BCUT2D eigenvalue weighted by Gasteiger charge is 2.50. The highest BCUT2D eigenvalue weighted by atomic mass is 16.5. The zero-order valence-electron chi connectivity index (χ0n) is 19.5. The van der Waals surface area contributed by atoms with Gasteiger partial charge in [-0.1, -0.05) is 30.3 Å². The molecule has 3 aromatic rings. The Morgan fingerprint density at radius 1 is 1.06 bits per heavy atom. The first-order chi connectivity index (χ1) is 17.3. The minimum Gasteiger partial charge on any atom is -0.497 e. The van der Waals surface area contributed by atoms with Crippen molar-refractivity contribution in [1.29, 1.82) is 0 Å². The molecule has 1 atom stereocenters. The molecule has 0 saturated carbocycles. The number of methoxy groups -OCH3 is 2. The van der Waals surface area contributed by atoms with E-state index in [0.717, 1.165) is 5.56 Å². The van der Waals surface area contributed by atoms with E-state index in [-0.39, 0.29) is 12.5 Å². The summed E-state index contributed by atoms with van der Waals surface area (Å²) in [7, 11) is 2.83. The summed E-state index contributed by atoms with van der Waals surface area (Å²) in [4.78, 5) is 56.1. The van der Waals surface area contributed by atoms with E-state index in [1.165, 1.54) is 25.3 Å². The van der Waals surface area contributed by atoms with Crippen LogP contribution in [0.1, 0.15) is 31.8 Å². The number of carbonyl (C=O) groups excluding carboxylic acids is 4. The van der Waals surface area contributed by atoms with Crippen molar-refractivity contribution in [2.45, 2.75) is 12.1 Å². The second kappa shape index (κ2) is 8.81. The fourth-order valence-corrected chi connectivity index (χ4v) is 4.54. The Kier molecular flexibility index (Phi) is 5.63. The molecule has 3 heterocycles. The van der Waals surface area contributed by atoms with E-state index < -0.39 is 23.4 Å². The number of nitrogens with one attached hydrogen (secondary N) is 2. The standard InChI is InChI=1S/C26H22N4O6/c1-35-19-8-5-17-13-30(22(31)20(17)12-19)14-26(24(33)28-25(34)29-26)18-6-3-15(4-7-18)21-11-16(9-10-27-21)23(32)36-2/h3-12H,13-14H2,1-2H3,(H2,28,29,33,34)/t26-/m0/s1. The van der Waals surface area contributed by atoms with Crippen molar-refractivity contribution < 1.29 is 28.7 Å². The van der Waals surface area contributed by atoms with Crippen LogP contribution in [0.5, 0.6) is 5.75 Å². The van der Waals surface area contributed by atoms with Crippen molar-refractivity contribution in [1.82, 2.24) is 20.5 Å². The van der Waals surface area contributed by atoms with Crippen LogP contribution < -0.4 is 15.4 Å². The molecular weight excluding hydrogens is 464 g/mol. The maximum atomic E-state index is 13.1. The first-order valence-corrected chi connectivity index (χ1v) is 11.1. The normalized spacial score (nSPS) is 18.5. The molecule has 4 amide bonds. The molecule has 10 heteroatoms. The quantitative estimate of drug-likeness (QED) is 0.404. The molecule has 1 fully saturated rings. The van der Waals surface area contributed by atoms with Gasteiger partial charge in [-0.2, -0.15) is 0 Å². The summed E-state index contributed by atoms with van der Waals surface area (Å²) in [6.07, 6.45) is 1.51. The molecular formula is C26H22N4O6. The molecule has 1 aromatic heterocycles. The van der Waals surface area contributed by atoms with Gasteiger partial charge in [-0.15, -0.1) is 0 Å². The summed E-state index contributed by atoms with van der Waals surface area (Å²) >= 11 is 0. The van der Waals surface area contributed by atoms with Crippen LogP contribution in [0.4, 0.5) is 4.79 Å². The molecule has 36 heavy (non-hydrogen) atoms. The van der Waals surface area contributed by atoms with Gasteiger partial charge in [-0.3, -0.25) is 19.9 Å². The molecule has 2 aromatic carbocycles. The van der Waals surface area contributed by atoms with Crippen LogP contribution in [-0.2, 0) is 21.6 Å². The molecule has 0 radical (unpaired) electrons. The third kappa shape index (κ3) is 3.82. The number of hydrogen-bond acceptors (Lipinski definition) is 7. The molecule has 2 aliphatic rings. The zero-order valence-corrected chi connectivity index (χ0v) is 19.5. The highest BCUT2D eigenvalue weighted by Crippen LogP contribution is 2.33. The SMILES string of the molecule is COC(=O)c1ccnc(-c2ccc([C@]3(CN4Cc5ccc(OC)cc5C4=O)NC(=O)NC3=O)cc2)c1. The number of hydrogen-bond donors (Lipinski definition) is 2. The van der Waals surface area contributed by atoms with Crippen LogP contribution in [0.3, 0.4) is 0 Å². The van der Waals surface area contributed by atoms with Gasteiger partial charge in [0.15, 0.2) is 5.54 Å². The van der Waals surface area contributed by atoms with Gasteiger partial charge in [0.2, 0.25) is 0 Å². The molecule has 1 saturated heterocycles. The van der Waals surface area contributed by atoms with E-state index in [9.17, 15) is 19.2 Å². The first kappa shape index (κ1) is 23.0. The van der Waals surface area contributed by atoms with Gasteiger partial charge >= 0.3 is 12.0 Å². The Morgan fingerprint density at radius 2 is 1.83 bits per heavy atom. The first-order valence-electron chi connectivity index (χ1n) is 11.1. The third-order valence-corrected chi connectivity index (χ3v) is 6.42. The predicted octanol–water partition coefficient (Wildman–Crippen LogP) is 2.23. The van der Waals surface area contributed by atoms with Crippen LogP contribution in [0.15, 0.2) is 60.8 Å². The van der Waals surface area contributed by atoms with E-state index in [1.807, 2.05) is 6.07 Å². The second-order valence-corrected chi connectivity index (χ2v) is 8.50. The lowest BCUT2D eigenvalue weighted by molar-refractivity contribution is -0.124. The van der Waals surface area contributed by atoms with Crippen LogP contribution in [-0.4, -0.2) is 54.5 Å². The van der Waals surface area contributed by atoms with Gasteiger partial charge in [0.1, 0.15) is 5.75 Å². The molecule has 0 unspecified atom stereocenters. The largest absolute Gasteiger partial charge is 0.497 e. The number of aromatic nitrogens is 1. The number of fused-ring (bicyclic) bond motifs is 1. The van der Waals surface area contributed by atoms with Gasteiger partial charge in [0.05, 0.1) is 32.0 Å². The van der Waals surface area contributed by atoms with Crippen molar-refractivity contribution in [3.8, 4) is 17.0 Å². The van der Waals surface area contributed by atoms with E-state index in [2.05, 4.69) is 15.6 Å². The van der Waals surface area contributed by atoms with Gasteiger partial charge in [0, 0.05) is 23.9 Å². The monoisotopic (exact) mass is 486 g/mol. The van der Waals surface area contributed by atoms with Crippen molar-refractivity contribution in [2.75, 3.05) is 20.8 Å². The number of nitrogens with zero attached hydrogens (tertiary/aromatic N) is 2. The lowest BCUT2D eigenvalue weighted by Crippen LogP contribution is -2.52. The predicted molar refractivity (Wildman–Crippen MR) is 127 cm³/mol. The summed E-state index contributed by atoms with van der Waals surface area (Å²) < 4.78 is 10.00. The molecule has 10 nitrogen and oxygen atoms in total. The molecule has 0 bridgehead atoms. The molecule has 2 N–H and O–H groups in total. The van der Waals surface area contributed by atoms with E-state index in [1.54, 1.807) is 48.5 Å². The Labute approximate surface area is 206 Å². The van der Waals surface area contributed by atoms with Crippen molar-refractivity contribution in [2.24, 2.45) is 0 Å². The number of urea groups is 1. The number of esters is 1. The number of carbonyl (C=O) groups is 4. The zero-order chi connectivity index (χ0) is 25.4. The van der Waals surface area contributed by atoms with Gasteiger partial charge in [-0.05, 0) is 35.4 Å². The summed E-state index contributed by atoms with van der Waals surface area (Å²) in [5.74, 6) is -0.718. The third-order valence-electron chi connectivity index (χ3n) is 6.42. The number of benzene rings is 2. The van der Waals surface area contributed by atoms with Crippen LogP contribution in [0.25, 0.3) is 11.3 Å². The molecule has 0 spiro atoms. The van der Waals surface area contributed by atoms with Gasteiger partial charge in [-0.25, -0.2) is 9.59 Å². The van der Waals surface area contributed by atoms with E-state index in [0.29, 0.717) is 40.2 Å². The Hall–Kier alpha value is -4.73. The number of rotatable bonds is 6. The minimum atomic E-state index is -1.47. The van der Waals surface area contributed by atoms with E-state index in [4.69, 9.17) is 9.47 Å². The van der Waals surface area contributed by atoms with Crippen molar-refractivity contribution in [3.63, 3.8) is 0 Å². The lowest BCUT2D eigenvalue weighted by atomic mass is 9.88. The minimum absolute atomic E-state index is 0.0597. The topological polar surface area (TPSA) is 127 Å². The van der Waals surface area contributed by atoms with Gasteiger partial charge in [0.25, 0.3) is 11.8 Å². The maximum absolute atomic E-state index is 13.1. The van der Waals surface area contributed by atoms with Crippen molar-refractivity contribution in [3.05, 3.63) is 83.0 Å². The number of imide groups is 1. The average Bonchev–Trinajstić information content (AvgIpc) is 3.37. The smallest absolute Gasteiger partial charge is 0.337 e. The Balaban J connectivity index is 1.46. The average molecular weight is 486 g/mol.